The van der Waals surface area contributed by atoms with Crippen molar-refractivity contribution in [3.05, 3.63) is 41.5 Å². The molecule has 0 saturated carbocycles. The summed E-state index contributed by atoms with van der Waals surface area (Å²) in [6.07, 6.45) is 6.61. The highest BCUT2D eigenvalue weighted by Gasteiger charge is 2.13. The molecule has 0 N–H and O–H groups in total. The lowest BCUT2D eigenvalue weighted by Gasteiger charge is -2.05. The second kappa shape index (κ2) is 2.74. The van der Waals surface area contributed by atoms with Crippen molar-refractivity contribution in [2.24, 2.45) is 0 Å². The largest absolute Gasteiger partial charge is 0.153 e. The van der Waals surface area contributed by atoms with Crippen LogP contribution in [-0.2, 0) is 0 Å². The van der Waals surface area contributed by atoms with E-state index in [1.165, 1.54) is 11.1 Å². The molecule has 0 bridgehead atoms. The Morgan fingerprint density at radius 3 is 2.91 bits per heavy atom. The number of benzene rings is 1. The summed E-state index contributed by atoms with van der Waals surface area (Å²) in [5, 5.41) is 0.589. The van der Waals surface area contributed by atoms with Gasteiger partial charge in [-0.25, -0.2) is 0 Å². The first kappa shape index (κ1) is 6.99. The highest BCUT2D eigenvalue weighted by atomic mass is 32.2. The third kappa shape index (κ3) is 1.10. The molecule has 1 atom stereocenters. The summed E-state index contributed by atoms with van der Waals surface area (Å²) >= 11 is 1.89. The Bertz CT molecular complexity index is 289. The molecule has 56 valence electrons. The molecule has 0 spiro atoms. The highest BCUT2D eigenvalue weighted by molar-refractivity contribution is 7.99. The summed E-state index contributed by atoms with van der Waals surface area (Å²) in [6, 6.07) is 8.57. The van der Waals surface area contributed by atoms with Gasteiger partial charge in [-0.2, -0.15) is 11.8 Å². The summed E-state index contributed by atoms with van der Waals surface area (Å²) in [6.45, 7) is 0. The Morgan fingerprint density at radius 1 is 1.27 bits per heavy atom. The molecular formula is C10H10S. The number of hydrogen-bond acceptors (Lipinski definition) is 1. The van der Waals surface area contributed by atoms with Crippen molar-refractivity contribution in [1.82, 2.24) is 0 Å². The molecule has 0 amide bonds. The van der Waals surface area contributed by atoms with Crippen LogP contribution in [0.3, 0.4) is 0 Å². The van der Waals surface area contributed by atoms with Crippen LogP contribution < -0.4 is 0 Å². The van der Waals surface area contributed by atoms with Gasteiger partial charge in [0.2, 0.25) is 0 Å². The smallest absolute Gasteiger partial charge is 0.0483 e. The van der Waals surface area contributed by atoms with E-state index in [1.54, 1.807) is 0 Å². The summed E-state index contributed by atoms with van der Waals surface area (Å²) < 4.78 is 0. The van der Waals surface area contributed by atoms with Crippen LogP contribution in [0.4, 0.5) is 0 Å². The average molecular weight is 162 g/mol. The van der Waals surface area contributed by atoms with E-state index in [0.717, 1.165) is 0 Å². The molecule has 0 heterocycles. The summed E-state index contributed by atoms with van der Waals surface area (Å²) in [4.78, 5) is 0. The molecule has 0 radical (unpaired) electrons. The maximum Gasteiger partial charge on any atom is 0.0483 e. The Labute approximate surface area is 71.3 Å². The first-order chi connectivity index (χ1) is 5.42. The molecule has 2 rings (SSSR count). The number of thioether (sulfide) groups is 1. The predicted molar refractivity (Wildman–Crippen MR) is 51.7 cm³/mol. The van der Waals surface area contributed by atoms with Crippen molar-refractivity contribution in [1.29, 1.82) is 0 Å². The Hall–Kier alpha value is -0.690. The van der Waals surface area contributed by atoms with E-state index in [-0.39, 0.29) is 0 Å². The molecule has 1 heteroatoms. The van der Waals surface area contributed by atoms with Gasteiger partial charge in [0.1, 0.15) is 0 Å². The van der Waals surface area contributed by atoms with Gasteiger partial charge in [0.25, 0.3) is 0 Å². The summed E-state index contributed by atoms with van der Waals surface area (Å²) in [5.74, 6) is 0. The lowest BCUT2D eigenvalue weighted by Crippen LogP contribution is -1.85. The standard InChI is InChI=1S/C10H10S/c1-11-10-7-6-8-4-2-3-5-9(8)10/h2-7,10H,1H3. The Kier molecular flexibility index (Phi) is 1.74. The molecule has 1 aliphatic carbocycles. The fourth-order valence-electron chi connectivity index (χ4n) is 1.42. The third-order valence-corrected chi connectivity index (χ3v) is 2.93. The minimum atomic E-state index is 0.589. The van der Waals surface area contributed by atoms with Gasteiger partial charge in [-0.05, 0) is 17.4 Å². The van der Waals surface area contributed by atoms with Gasteiger partial charge in [0.05, 0.1) is 0 Å². The van der Waals surface area contributed by atoms with Crippen LogP contribution in [-0.4, -0.2) is 6.26 Å². The minimum Gasteiger partial charge on any atom is -0.153 e. The first-order valence-corrected chi connectivity index (χ1v) is 5.00. The number of hydrogen-bond donors (Lipinski definition) is 0. The van der Waals surface area contributed by atoms with Crippen molar-refractivity contribution in [2.75, 3.05) is 6.26 Å². The van der Waals surface area contributed by atoms with Crippen LogP contribution in [0.2, 0.25) is 0 Å². The number of fused-ring (bicyclic) bond motifs is 1. The number of rotatable bonds is 1. The average Bonchev–Trinajstić information content (AvgIpc) is 2.47. The van der Waals surface area contributed by atoms with Crippen LogP contribution >= 0.6 is 11.8 Å². The molecule has 11 heavy (non-hydrogen) atoms. The molecule has 1 aromatic carbocycles. The van der Waals surface area contributed by atoms with Gasteiger partial charge in [-0.15, -0.1) is 0 Å². The van der Waals surface area contributed by atoms with E-state index in [1.807, 2.05) is 11.8 Å². The zero-order valence-corrected chi connectivity index (χ0v) is 7.27. The molecule has 0 fully saturated rings. The summed E-state index contributed by atoms with van der Waals surface area (Å²) in [5.41, 5.74) is 2.84. The molecule has 0 saturated heterocycles. The SMILES string of the molecule is CSC1C=Cc2ccccc21. The van der Waals surface area contributed by atoms with Crippen molar-refractivity contribution in [2.45, 2.75) is 5.25 Å². The monoisotopic (exact) mass is 162 g/mol. The van der Waals surface area contributed by atoms with Gasteiger partial charge in [0, 0.05) is 5.25 Å². The Balaban J connectivity index is 2.46. The predicted octanol–water partition coefficient (Wildman–Crippen LogP) is 3.12. The van der Waals surface area contributed by atoms with E-state index < -0.39 is 0 Å². The van der Waals surface area contributed by atoms with Crippen molar-refractivity contribution < 1.29 is 0 Å². The zero-order chi connectivity index (χ0) is 7.68. The van der Waals surface area contributed by atoms with E-state index in [4.69, 9.17) is 0 Å². The molecule has 1 aliphatic rings. The first-order valence-electron chi connectivity index (χ1n) is 3.72. The van der Waals surface area contributed by atoms with Gasteiger partial charge >= 0.3 is 0 Å². The van der Waals surface area contributed by atoms with Crippen LogP contribution in [0.25, 0.3) is 6.08 Å². The van der Waals surface area contributed by atoms with Crippen molar-refractivity contribution in [3.8, 4) is 0 Å². The van der Waals surface area contributed by atoms with Crippen LogP contribution in [0.15, 0.2) is 30.3 Å². The van der Waals surface area contributed by atoms with Gasteiger partial charge in [-0.3, -0.25) is 0 Å². The molecule has 0 aliphatic heterocycles. The van der Waals surface area contributed by atoms with E-state index in [9.17, 15) is 0 Å². The lowest BCUT2D eigenvalue weighted by molar-refractivity contribution is 1.27. The fourth-order valence-corrected chi connectivity index (χ4v) is 2.13. The van der Waals surface area contributed by atoms with Crippen molar-refractivity contribution >= 4 is 17.8 Å². The highest BCUT2D eigenvalue weighted by Crippen LogP contribution is 2.36. The normalized spacial score (nSPS) is 20.3. The van der Waals surface area contributed by atoms with Gasteiger partial charge in [0.15, 0.2) is 0 Å². The molecule has 1 unspecified atom stereocenters. The molecule has 0 nitrogen and oxygen atoms in total. The second-order valence-electron chi connectivity index (χ2n) is 2.64. The van der Waals surface area contributed by atoms with Crippen LogP contribution in [0.1, 0.15) is 16.4 Å². The van der Waals surface area contributed by atoms with Crippen LogP contribution in [0, 0.1) is 0 Å². The summed E-state index contributed by atoms with van der Waals surface area (Å²) in [7, 11) is 0. The zero-order valence-electron chi connectivity index (χ0n) is 6.45. The molecule has 1 aromatic rings. The minimum absolute atomic E-state index is 0.589. The maximum atomic E-state index is 2.26. The topological polar surface area (TPSA) is 0 Å². The quantitative estimate of drug-likeness (QED) is 0.611. The second-order valence-corrected chi connectivity index (χ2v) is 3.62. The van der Waals surface area contributed by atoms with E-state index >= 15 is 0 Å². The fraction of sp³-hybridized carbons (Fsp3) is 0.200. The molecule has 0 aromatic heterocycles. The third-order valence-electron chi connectivity index (χ3n) is 2.01. The van der Waals surface area contributed by atoms with Crippen LogP contribution in [0.5, 0.6) is 0 Å². The van der Waals surface area contributed by atoms with E-state index in [0.29, 0.717) is 5.25 Å². The van der Waals surface area contributed by atoms with Crippen molar-refractivity contribution in [3.63, 3.8) is 0 Å². The Morgan fingerprint density at radius 2 is 2.09 bits per heavy atom. The van der Waals surface area contributed by atoms with Gasteiger partial charge < -0.3 is 0 Å². The van der Waals surface area contributed by atoms with E-state index in [2.05, 4.69) is 42.7 Å². The molecular weight excluding hydrogens is 152 g/mol. The lowest BCUT2D eigenvalue weighted by atomic mass is 10.1. The maximum absolute atomic E-state index is 2.26. The van der Waals surface area contributed by atoms with Gasteiger partial charge in [-0.1, -0.05) is 36.4 Å².